The Balaban J connectivity index is 4.89. The summed E-state index contributed by atoms with van der Waals surface area (Å²) in [7, 11) is 0. The zero-order valence-corrected chi connectivity index (χ0v) is 18.0. The van der Waals surface area contributed by atoms with Gasteiger partial charge in [0, 0.05) is 11.1 Å². The smallest absolute Gasteiger partial charge is 0.223 e. The average Bonchev–Trinajstić information content (AvgIpc) is 2.43. The van der Waals surface area contributed by atoms with Gasteiger partial charge in [-0.1, -0.05) is 53.0 Å². The Morgan fingerprint density at radius 2 is 0.826 bits per heavy atom. The molecule has 0 N–H and O–H groups in total. The van der Waals surface area contributed by atoms with Crippen LogP contribution in [0.4, 0.5) is 0 Å². The maximum atomic E-state index is 2.74. The second kappa shape index (κ2) is 10.1. The van der Waals surface area contributed by atoms with Crippen molar-refractivity contribution in [2.75, 3.05) is 13.1 Å². The first-order valence-electron chi connectivity index (χ1n) is 10.1. The SMILES string of the molecule is CCB(CC)N(CCCN(B(CC)CC)C(C)(C)C)C(C)(C)C. The summed E-state index contributed by atoms with van der Waals surface area (Å²) in [5.41, 5.74) is 0.524. The minimum atomic E-state index is 0.262. The van der Waals surface area contributed by atoms with Gasteiger partial charge in [0.05, 0.1) is 0 Å². The summed E-state index contributed by atoms with van der Waals surface area (Å²) in [6, 6.07) is 0. The summed E-state index contributed by atoms with van der Waals surface area (Å²) < 4.78 is 0. The van der Waals surface area contributed by atoms with Crippen LogP contribution in [0.2, 0.25) is 25.3 Å². The lowest BCUT2D eigenvalue weighted by Gasteiger charge is -2.43. The van der Waals surface area contributed by atoms with E-state index in [-0.39, 0.29) is 11.1 Å². The van der Waals surface area contributed by atoms with Gasteiger partial charge in [0.15, 0.2) is 0 Å². The van der Waals surface area contributed by atoms with E-state index in [1.165, 1.54) is 44.8 Å². The molecule has 0 fully saturated rings. The summed E-state index contributed by atoms with van der Waals surface area (Å²) in [5.74, 6) is 0. The molecule has 0 spiro atoms. The Labute approximate surface area is 149 Å². The molecule has 0 heterocycles. The van der Waals surface area contributed by atoms with Crippen LogP contribution in [0.15, 0.2) is 0 Å². The van der Waals surface area contributed by atoms with Crippen LogP contribution in [-0.2, 0) is 0 Å². The number of rotatable bonds is 10. The highest BCUT2D eigenvalue weighted by Gasteiger charge is 2.31. The Bertz CT molecular complexity index is 269. The van der Waals surface area contributed by atoms with E-state index in [4.69, 9.17) is 0 Å². The molecule has 0 unspecified atom stereocenters. The third kappa shape index (κ3) is 7.65. The van der Waals surface area contributed by atoms with E-state index in [2.05, 4.69) is 78.9 Å². The van der Waals surface area contributed by atoms with Gasteiger partial charge in [-0.3, -0.25) is 0 Å². The topological polar surface area (TPSA) is 6.48 Å². The third-order valence-corrected chi connectivity index (χ3v) is 5.29. The molecule has 0 aromatic rings. The van der Waals surface area contributed by atoms with E-state index in [0.29, 0.717) is 13.7 Å². The molecule has 0 aromatic heterocycles. The van der Waals surface area contributed by atoms with Crippen molar-refractivity contribution < 1.29 is 0 Å². The second-order valence-corrected chi connectivity index (χ2v) is 9.02. The molecule has 0 amide bonds. The van der Waals surface area contributed by atoms with Crippen LogP contribution >= 0.6 is 0 Å². The zero-order valence-electron chi connectivity index (χ0n) is 18.0. The van der Waals surface area contributed by atoms with Crippen LogP contribution in [0.3, 0.4) is 0 Å². The first-order valence-corrected chi connectivity index (χ1v) is 10.1. The van der Waals surface area contributed by atoms with Gasteiger partial charge in [0.2, 0.25) is 13.7 Å². The average molecular weight is 322 g/mol. The first-order chi connectivity index (χ1) is 10.5. The van der Waals surface area contributed by atoms with E-state index < -0.39 is 0 Å². The first kappa shape index (κ1) is 23.0. The Kier molecular flexibility index (Phi) is 10.2. The van der Waals surface area contributed by atoms with Crippen LogP contribution in [0.5, 0.6) is 0 Å². The van der Waals surface area contributed by atoms with E-state index in [1.807, 2.05) is 0 Å². The van der Waals surface area contributed by atoms with Crippen molar-refractivity contribution in [2.45, 2.75) is 112 Å². The molecule has 0 aliphatic carbocycles. The van der Waals surface area contributed by atoms with Gasteiger partial charge in [-0.25, -0.2) is 0 Å². The zero-order chi connectivity index (χ0) is 18.3. The largest absolute Gasteiger partial charge is 0.337 e. The second-order valence-electron chi connectivity index (χ2n) is 9.02. The number of hydrogen-bond donors (Lipinski definition) is 0. The van der Waals surface area contributed by atoms with Crippen LogP contribution in [-0.4, -0.2) is 47.5 Å². The van der Waals surface area contributed by atoms with Crippen LogP contribution in [0.1, 0.15) is 75.7 Å². The van der Waals surface area contributed by atoms with Crippen molar-refractivity contribution in [3.05, 3.63) is 0 Å². The van der Waals surface area contributed by atoms with Gasteiger partial charge in [-0.15, -0.1) is 0 Å². The van der Waals surface area contributed by atoms with Crippen molar-refractivity contribution in [2.24, 2.45) is 0 Å². The van der Waals surface area contributed by atoms with E-state index >= 15 is 0 Å². The summed E-state index contributed by atoms with van der Waals surface area (Å²) in [6.07, 6.45) is 6.28. The predicted octanol–water partition coefficient (Wildman–Crippen LogP) is 5.64. The minimum absolute atomic E-state index is 0.262. The van der Waals surface area contributed by atoms with Gasteiger partial charge in [-0.05, 0) is 61.1 Å². The van der Waals surface area contributed by atoms with E-state index in [1.54, 1.807) is 0 Å². The lowest BCUT2D eigenvalue weighted by molar-refractivity contribution is 0.207. The highest BCUT2D eigenvalue weighted by Crippen LogP contribution is 2.22. The quantitative estimate of drug-likeness (QED) is 0.480. The molecule has 0 saturated heterocycles. The third-order valence-electron chi connectivity index (χ3n) is 5.29. The molecule has 0 bridgehead atoms. The highest BCUT2D eigenvalue weighted by molar-refractivity contribution is 6.56. The molecular weight excluding hydrogens is 278 g/mol. The monoisotopic (exact) mass is 322 g/mol. The normalized spacial score (nSPS) is 13.0. The Hall–Kier alpha value is 0.0499. The molecule has 0 rings (SSSR count). The molecule has 0 radical (unpaired) electrons. The maximum Gasteiger partial charge on any atom is 0.223 e. The Morgan fingerprint density at radius 1 is 0.565 bits per heavy atom. The molecule has 136 valence electrons. The van der Waals surface area contributed by atoms with Crippen LogP contribution in [0.25, 0.3) is 0 Å². The maximum absolute atomic E-state index is 2.74. The van der Waals surface area contributed by atoms with Crippen molar-refractivity contribution in [3.8, 4) is 0 Å². The summed E-state index contributed by atoms with van der Waals surface area (Å²) in [5, 5.41) is 0. The van der Waals surface area contributed by atoms with Crippen LogP contribution in [0, 0.1) is 0 Å². The van der Waals surface area contributed by atoms with Gasteiger partial charge < -0.3 is 9.62 Å². The summed E-state index contributed by atoms with van der Waals surface area (Å²) >= 11 is 0. The van der Waals surface area contributed by atoms with E-state index in [0.717, 1.165) is 0 Å². The molecule has 0 saturated carbocycles. The predicted molar refractivity (Wildman–Crippen MR) is 111 cm³/mol. The van der Waals surface area contributed by atoms with Gasteiger partial charge in [0.25, 0.3) is 0 Å². The fourth-order valence-electron chi connectivity index (χ4n) is 4.00. The highest BCUT2D eigenvalue weighted by atomic mass is 15.2. The van der Waals surface area contributed by atoms with Gasteiger partial charge in [-0.2, -0.15) is 0 Å². The summed E-state index contributed by atoms with van der Waals surface area (Å²) in [4.78, 5) is 5.47. The van der Waals surface area contributed by atoms with Crippen molar-refractivity contribution in [3.63, 3.8) is 0 Å². The standard InChI is InChI=1S/C19H44B2N2/c1-11-20(12-2)22(18(5,6)7)16-15-17-23(19(8,9)10)21(13-3)14-4/h11-17H2,1-10H3. The lowest BCUT2D eigenvalue weighted by atomic mass is 9.53. The Morgan fingerprint density at radius 3 is 1.00 bits per heavy atom. The molecule has 0 aliphatic rings. The molecule has 2 nitrogen and oxygen atoms in total. The van der Waals surface area contributed by atoms with Crippen LogP contribution < -0.4 is 0 Å². The molecular formula is C19H44B2N2. The van der Waals surface area contributed by atoms with E-state index in [9.17, 15) is 0 Å². The van der Waals surface area contributed by atoms with Crippen molar-refractivity contribution >= 4 is 13.7 Å². The molecule has 4 heteroatoms. The fourth-order valence-corrected chi connectivity index (χ4v) is 4.00. The number of hydrogen-bond acceptors (Lipinski definition) is 2. The lowest BCUT2D eigenvalue weighted by Crippen LogP contribution is -2.53. The molecule has 0 atom stereocenters. The summed E-state index contributed by atoms with van der Waals surface area (Å²) in [6.45, 7) is 27.4. The van der Waals surface area contributed by atoms with Gasteiger partial charge in [0.1, 0.15) is 0 Å². The van der Waals surface area contributed by atoms with Crippen molar-refractivity contribution in [1.29, 1.82) is 0 Å². The molecule has 0 aliphatic heterocycles. The van der Waals surface area contributed by atoms with Gasteiger partial charge >= 0.3 is 0 Å². The van der Waals surface area contributed by atoms with Crippen molar-refractivity contribution in [1.82, 2.24) is 9.62 Å². The molecule has 0 aromatic carbocycles. The number of nitrogens with zero attached hydrogens (tertiary/aromatic N) is 2. The molecule has 23 heavy (non-hydrogen) atoms. The minimum Gasteiger partial charge on any atom is -0.337 e. The fraction of sp³-hybridized carbons (Fsp3) is 1.00.